The standard InChI is InChI=1S/C19H18ClNO2S/c1-3-6-14-13-7-4-5-8-17(13)24-18(14)19(22)21-12-9-10-16(23-2)15(20)11-12/h4-5,7-11H,3,6H2,1-2H3,(H,21,22). The Kier molecular flexibility index (Phi) is 5.07. The molecule has 24 heavy (non-hydrogen) atoms. The van der Waals surface area contributed by atoms with E-state index in [4.69, 9.17) is 16.3 Å². The van der Waals surface area contributed by atoms with Crippen LogP contribution >= 0.6 is 22.9 Å². The maximum atomic E-state index is 12.8. The van der Waals surface area contributed by atoms with E-state index in [0.29, 0.717) is 16.5 Å². The summed E-state index contributed by atoms with van der Waals surface area (Å²) in [5.41, 5.74) is 1.78. The van der Waals surface area contributed by atoms with Crippen LogP contribution in [0.1, 0.15) is 28.6 Å². The smallest absolute Gasteiger partial charge is 0.266 e. The molecule has 1 aromatic heterocycles. The largest absolute Gasteiger partial charge is 0.495 e. The molecule has 0 fully saturated rings. The van der Waals surface area contributed by atoms with Gasteiger partial charge in [0.1, 0.15) is 5.75 Å². The molecule has 3 rings (SSSR count). The van der Waals surface area contributed by atoms with Crippen LogP contribution < -0.4 is 10.1 Å². The number of anilines is 1. The maximum absolute atomic E-state index is 12.8. The predicted molar refractivity (Wildman–Crippen MR) is 102 cm³/mol. The summed E-state index contributed by atoms with van der Waals surface area (Å²) in [6.45, 7) is 2.12. The van der Waals surface area contributed by atoms with E-state index in [1.54, 1.807) is 25.3 Å². The highest BCUT2D eigenvalue weighted by atomic mass is 35.5. The van der Waals surface area contributed by atoms with E-state index in [-0.39, 0.29) is 5.91 Å². The SMILES string of the molecule is CCCc1c(C(=O)Nc2ccc(OC)c(Cl)c2)sc2ccccc12. The van der Waals surface area contributed by atoms with Crippen LogP contribution in [-0.2, 0) is 6.42 Å². The Labute approximate surface area is 150 Å². The highest BCUT2D eigenvalue weighted by Crippen LogP contribution is 2.33. The number of ether oxygens (including phenoxy) is 1. The van der Waals surface area contributed by atoms with E-state index < -0.39 is 0 Å². The lowest BCUT2D eigenvalue weighted by Crippen LogP contribution is -2.12. The summed E-state index contributed by atoms with van der Waals surface area (Å²) in [7, 11) is 1.56. The number of carbonyl (C=O) groups excluding carboxylic acids is 1. The average molecular weight is 360 g/mol. The highest BCUT2D eigenvalue weighted by molar-refractivity contribution is 7.21. The van der Waals surface area contributed by atoms with E-state index in [2.05, 4.69) is 24.4 Å². The molecule has 0 unspecified atom stereocenters. The molecule has 5 heteroatoms. The summed E-state index contributed by atoms with van der Waals surface area (Å²) in [6.07, 6.45) is 1.88. The first-order valence-corrected chi connectivity index (χ1v) is 8.98. The molecule has 0 aliphatic rings. The molecule has 1 heterocycles. The molecule has 1 amide bonds. The summed E-state index contributed by atoms with van der Waals surface area (Å²) in [6, 6.07) is 13.4. The van der Waals surface area contributed by atoms with Crippen molar-refractivity contribution in [1.82, 2.24) is 0 Å². The zero-order valence-corrected chi connectivity index (χ0v) is 15.1. The number of methoxy groups -OCH3 is 1. The van der Waals surface area contributed by atoms with Gasteiger partial charge in [0.15, 0.2) is 0 Å². The molecule has 0 atom stereocenters. The quantitative estimate of drug-likeness (QED) is 0.628. The van der Waals surface area contributed by atoms with Gasteiger partial charge in [-0.25, -0.2) is 0 Å². The molecule has 0 spiro atoms. The van der Waals surface area contributed by atoms with Gasteiger partial charge in [0, 0.05) is 10.4 Å². The van der Waals surface area contributed by atoms with E-state index in [1.165, 1.54) is 16.7 Å². The molecule has 1 N–H and O–H groups in total. The van der Waals surface area contributed by atoms with Gasteiger partial charge in [-0.1, -0.05) is 43.1 Å². The van der Waals surface area contributed by atoms with Crippen LogP contribution in [0.15, 0.2) is 42.5 Å². The number of hydrogen-bond donors (Lipinski definition) is 1. The second-order valence-corrected chi connectivity index (χ2v) is 6.92. The average Bonchev–Trinajstić information content (AvgIpc) is 2.94. The van der Waals surface area contributed by atoms with Crippen molar-refractivity contribution in [3.63, 3.8) is 0 Å². The van der Waals surface area contributed by atoms with Crippen LogP contribution in [0.2, 0.25) is 5.02 Å². The van der Waals surface area contributed by atoms with Crippen molar-refractivity contribution < 1.29 is 9.53 Å². The predicted octanol–water partition coefficient (Wildman–Crippen LogP) is 5.77. The number of hydrogen-bond acceptors (Lipinski definition) is 3. The van der Waals surface area contributed by atoms with Crippen molar-refractivity contribution in [2.75, 3.05) is 12.4 Å². The van der Waals surface area contributed by atoms with Crippen LogP contribution in [0.3, 0.4) is 0 Å². The molecule has 0 saturated carbocycles. The Balaban J connectivity index is 1.93. The lowest BCUT2D eigenvalue weighted by atomic mass is 10.1. The van der Waals surface area contributed by atoms with Crippen molar-refractivity contribution in [1.29, 1.82) is 0 Å². The number of nitrogens with one attached hydrogen (secondary N) is 1. The minimum Gasteiger partial charge on any atom is -0.495 e. The zero-order valence-electron chi connectivity index (χ0n) is 13.6. The third kappa shape index (κ3) is 3.25. The first-order valence-electron chi connectivity index (χ1n) is 7.79. The number of thiophene rings is 1. The summed E-state index contributed by atoms with van der Waals surface area (Å²) in [5, 5.41) is 4.58. The maximum Gasteiger partial charge on any atom is 0.266 e. The molecule has 0 aliphatic carbocycles. The second-order valence-electron chi connectivity index (χ2n) is 5.46. The van der Waals surface area contributed by atoms with Gasteiger partial charge in [0.2, 0.25) is 0 Å². The number of fused-ring (bicyclic) bond motifs is 1. The summed E-state index contributed by atoms with van der Waals surface area (Å²) in [5.74, 6) is 0.490. The van der Waals surface area contributed by atoms with Gasteiger partial charge < -0.3 is 10.1 Å². The van der Waals surface area contributed by atoms with Gasteiger partial charge in [0.25, 0.3) is 5.91 Å². The minimum atomic E-state index is -0.0964. The van der Waals surface area contributed by atoms with Crippen LogP contribution in [-0.4, -0.2) is 13.0 Å². The number of benzene rings is 2. The molecule has 0 aliphatic heterocycles. The number of rotatable bonds is 5. The Hall–Kier alpha value is -2.04. The molecular formula is C19H18ClNO2S. The molecule has 3 nitrogen and oxygen atoms in total. The molecule has 0 bridgehead atoms. The van der Waals surface area contributed by atoms with Crippen molar-refractivity contribution >= 4 is 44.6 Å². The van der Waals surface area contributed by atoms with Crippen LogP contribution in [0, 0.1) is 0 Å². The number of carbonyl (C=O) groups is 1. The third-order valence-corrected chi connectivity index (χ3v) is 5.32. The Morgan fingerprint density at radius 1 is 1.25 bits per heavy atom. The zero-order chi connectivity index (χ0) is 17.1. The first kappa shape index (κ1) is 16.8. The summed E-state index contributed by atoms with van der Waals surface area (Å²) in [4.78, 5) is 13.5. The fraction of sp³-hybridized carbons (Fsp3) is 0.211. The van der Waals surface area contributed by atoms with E-state index in [0.717, 1.165) is 28.0 Å². The van der Waals surface area contributed by atoms with E-state index in [9.17, 15) is 4.79 Å². The monoisotopic (exact) mass is 359 g/mol. The van der Waals surface area contributed by atoms with Crippen molar-refractivity contribution in [3.05, 3.63) is 57.9 Å². The van der Waals surface area contributed by atoms with Gasteiger partial charge in [-0.2, -0.15) is 0 Å². The first-order chi connectivity index (χ1) is 11.6. The van der Waals surface area contributed by atoms with Gasteiger partial charge >= 0.3 is 0 Å². The number of halogens is 1. The highest BCUT2D eigenvalue weighted by Gasteiger charge is 2.18. The topological polar surface area (TPSA) is 38.3 Å². The summed E-state index contributed by atoms with van der Waals surface area (Å²) >= 11 is 7.66. The third-order valence-electron chi connectivity index (χ3n) is 3.81. The van der Waals surface area contributed by atoms with Crippen molar-refractivity contribution in [3.8, 4) is 5.75 Å². The van der Waals surface area contributed by atoms with Crippen LogP contribution in [0.5, 0.6) is 5.75 Å². The second kappa shape index (κ2) is 7.24. The lowest BCUT2D eigenvalue weighted by Gasteiger charge is -2.08. The van der Waals surface area contributed by atoms with Crippen molar-refractivity contribution in [2.45, 2.75) is 19.8 Å². The van der Waals surface area contributed by atoms with Gasteiger partial charge in [-0.05, 0) is 41.6 Å². The van der Waals surface area contributed by atoms with Crippen LogP contribution in [0.4, 0.5) is 5.69 Å². The molecular weight excluding hydrogens is 342 g/mol. The van der Waals surface area contributed by atoms with Gasteiger partial charge in [-0.15, -0.1) is 11.3 Å². The molecule has 0 saturated heterocycles. The Morgan fingerprint density at radius 3 is 2.75 bits per heavy atom. The van der Waals surface area contributed by atoms with Gasteiger partial charge in [-0.3, -0.25) is 4.79 Å². The normalized spacial score (nSPS) is 10.8. The minimum absolute atomic E-state index is 0.0964. The molecule has 0 radical (unpaired) electrons. The van der Waals surface area contributed by atoms with E-state index in [1.807, 2.05) is 12.1 Å². The van der Waals surface area contributed by atoms with Gasteiger partial charge in [0.05, 0.1) is 17.0 Å². The molecule has 2 aromatic carbocycles. The fourth-order valence-electron chi connectivity index (χ4n) is 2.71. The van der Waals surface area contributed by atoms with E-state index >= 15 is 0 Å². The molecule has 124 valence electrons. The van der Waals surface area contributed by atoms with Crippen molar-refractivity contribution in [2.24, 2.45) is 0 Å². The fourth-order valence-corrected chi connectivity index (χ4v) is 4.12. The number of aryl methyl sites for hydroxylation is 1. The number of amides is 1. The Morgan fingerprint density at radius 2 is 2.04 bits per heavy atom. The lowest BCUT2D eigenvalue weighted by molar-refractivity contribution is 0.103. The Bertz CT molecular complexity index is 888. The molecule has 3 aromatic rings. The van der Waals surface area contributed by atoms with Crippen LogP contribution in [0.25, 0.3) is 10.1 Å². The summed E-state index contributed by atoms with van der Waals surface area (Å²) < 4.78 is 6.28.